The highest BCUT2D eigenvalue weighted by molar-refractivity contribution is 5.69. The van der Waals surface area contributed by atoms with E-state index in [2.05, 4.69) is 160 Å². The number of aliphatic hydroxyl groups excluding tert-OH is 1. The van der Waals surface area contributed by atoms with Crippen LogP contribution in [0.1, 0.15) is 168 Å². The number of carbonyl (C=O) groups excluding carboxylic acids is 1. The second-order valence-electron chi connectivity index (χ2n) is 14.7. The fraction of sp³-hybridized carbons (Fsp3) is 0.545. The van der Waals surface area contributed by atoms with Gasteiger partial charge in [0.15, 0.2) is 0 Å². The van der Waals surface area contributed by atoms with Crippen LogP contribution in [-0.2, 0) is 14.3 Å². The van der Waals surface area contributed by atoms with Gasteiger partial charge in [0.25, 0.3) is 0 Å². The van der Waals surface area contributed by atoms with E-state index in [-0.39, 0.29) is 19.2 Å². The molecule has 0 amide bonds. The minimum Gasteiger partial charge on any atom is -0.457 e. The maximum absolute atomic E-state index is 12.2. The Kier molecular flexibility index (Phi) is 47.2. The van der Waals surface area contributed by atoms with Gasteiger partial charge in [0.05, 0.1) is 13.2 Å². The number of hydrogen-bond donors (Lipinski definition) is 1. The third kappa shape index (κ3) is 48.5. The summed E-state index contributed by atoms with van der Waals surface area (Å²) in [5.41, 5.74) is 0. The van der Waals surface area contributed by atoms with Crippen molar-refractivity contribution in [2.24, 2.45) is 0 Å². The van der Waals surface area contributed by atoms with Crippen LogP contribution in [-0.4, -0.2) is 37.0 Å². The SMILES string of the molecule is CC/C=C\C/C=C\C/C=C\C/C=C\C/C=C\C/C=C\C/C=C\CCCCCC(=O)OC(CO)COCCCCCCCC/C=C\C/C=C\C/C=C\C/C=C\C/C=C\CC. The maximum atomic E-state index is 12.2. The third-order valence-electron chi connectivity index (χ3n) is 9.16. The molecular weight excluding hydrogens is 725 g/mol. The Hall–Kier alpha value is -3.73. The molecule has 0 bridgehead atoms. The number of allylic oxidation sites excluding steroid dienone is 24. The van der Waals surface area contributed by atoms with Crippen LogP contribution in [0.25, 0.3) is 0 Å². The quantitative estimate of drug-likeness (QED) is 0.0380. The lowest BCUT2D eigenvalue weighted by Gasteiger charge is -2.15. The molecule has 0 spiro atoms. The maximum Gasteiger partial charge on any atom is 0.306 e. The molecule has 0 aliphatic rings. The van der Waals surface area contributed by atoms with Gasteiger partial charge in [0, 0.05) is 13.0 Å². The largest absolute Gasteiger partial charge is 0.457 e. The van der Waals surface area contributed by atoms with Crippen molar-refractivity contribution in [2.75, 3.05) is 19.8 Å². The van der Waals surface area contributed by atoms with Crippen molar-refractivity contribution in [3.8, 4) is 0 Å². The Morgan fingerprint density at radius 3 is 1.07 bits per heavy atom. The van der Waals surface area contributed by atoms with E-state index in [1.54, 1.807) is 0 Å². The fourth-order valence-corrected chi connectivity index (χ4v) is 5.74. The normalized spacial score (nSPS) is 13.7. The number of aliphatic hydroxyl groups is 1. The van der Waals surface area contributed by atoms with Crippen LogP contribution in [0, 0.1) is 0 Å². The van der Waals surface area contributed by atoms with Gasteiger partial charge < -0.3 is 14.6 Å². The number of unbranched alkanes of at least 4 members (excludes halogenated alkanes) is 9. The van der Waals surface area contributed by atoms with Gasteiger partial charge in [0.2, 0.25) is 0 Å². The Bertz CT molecular complexity index is 1270. The summed E-state index contributed by atoms with van der Waals surface area (Å²) >= 11 is 0. The van der Waals surface area contributed by atoms with E-state index in [1.165, 1.54) is 25.7 Å². The van der Waals surface area contributed by atoms with Crippen molar-refractivity contribution in [3.63, 3.8) is 0 Å². The van der Waals surface area contributed by atoms with Crippen LogP contribution in [0.5, 0.6) is 0 Å². The number of ether oxygens (including phenoxy) is 2. The van der Waals surface area contributed by atoms with Crippen molar-refractivity contribution in [3.05, 3.63) is 146 Å². The summed E-state index contributed by atoms with van der Waals surface area (Å²) < 4.78 is 11.1. The molecule has 0 heterocycles. The van der Waals surface area contributed by atoms with Crippen LogP contribution in [0.4, 0.5) is 0 Å². The molecular formula is C55H86O4. The summed E-state index contributed by atoms with van der Waals surface area (Å²) in [6.07, 6.45) is 77.7. The molecule has 0 aromatic rings. The zero-order valence-electron chi connectivity index (χ0n) is 37.7. The van der Waals surface area contributed by atoms with Crippen molar-refractivity contribution < 1.29 is 19.4 Å². The molecule has 4 nitrogen and oxygen atoms in total. The van der Waals surface area contributed by atoms with Crippen LogP contribution < -0.4 is 0 Å². The second kappa shape index (κ2) is 50.4. The summed E-state index contributed by atoms with van der Waals surface area (Å²) in [5, 5.41) is 9.63. The molecule has 0 rings (SSSR count). The number of hydrogen-bond acceptors (Lipinski definition) is 4. The number of carbonyl (C=O) groups is 1. The zero-order valence-corrected chi connectivity index (χ0v) is 37.7. The highest BCUT2D eigenvalue weighted by Gasteiger charge is 2.13. The van der Waals surface area contributed by atoms with Gasteiger partial charge in [-0.25, -0.2) is 0 Å². The Labute approximate surface area is 363 Å². The second-order valence-corrected chi connectivity index (χ2v) is 14.7. The summed E-state index contributed by atoms with van der Waals surface area (Å²) in [7, 11) is 0. The topological polar surface area (TPSA) is 55.8 Å². The number of rotatable bonds is 41. The van der Waals surface area contributed by atoms with E-state index in [1.807, 2.05) is 0 Å². The first-order valence-electron chi connectivity index (χ1n) is 23.4. The highest BCUT2D eigenvalue weighted by Crippen LogP contribution is 2.10. The molecule has 0 fully saturated rings. The lowest BCUT2D eigenvalue weighted by atomic mass is 10.1. The monoisotopic (exact) mass is 811 g/mol. The molecule has 0 aromatic carbocycles. The molecule has 59 heavy (non-hydrogen) atoms. The summed E-state index contributed by atoms with van der Waals surface area (Å²) in [6, 6.07) is 0. The van der Waals surface area contributed by atoms with Crippen molar-refractivity contribution in [1.82, 2.24) is 0 Å². The van der Waals surface area contributed by atoms with E-state index < -0.39 is 6.10 Å². The molecule has 1 unspecified atom stereocenters. The molecule has 330 valence electrons. The lowest BCUT2D eigenvalue weighted by Crippen LogP contribution is -2.27. The van der Waals surface area contributed by atoms with E-state index in [0.717, 1.165) is 122 Å². The van der Waals surface area contributed by atoms with E-state index >= 15 is 0 Å². The number of esters is 1. The fourth-order valence-electron chi connectivity index (χ4n) is 5.74. The van der Waals surface area contributed by atoms with Gasteiger partial charge in [-0.3, -0.25) is 4.79 Å². The molecule has 1 atom stereocenters. The van der Waals surface area contributed by atoms with Crippen LogP contribution in [0.3, 0.4) is 0 Å². The van der Waals surface area contributed by atoms with E-state index in [0.29, 0.717) is 13.0 Å². The summed E-state index contributed by atoms with van der Waals surface area (Å²) in [5.74, 6) is -0.245. The van der Waals surface area contributed by atoms with Crippen molar-refractivity contribution >= 4 is 5.97 Å². The minimum atomic E-state index is -0.574. The molecule has 0 aliphatic heterocycles. The van der Waals surface area contributed by atoms with Crippen LogP contribution >= 0.6 is 0 Å². The van der Waals surface area contributed by atoms with Crippen molar-refractivity contribution in [1.29, 1.82) is 0 Å². The van der Waals surface area contributed by atoms with Gasteiger partial charge >= 0.3 is 5.97 Å². The average molecular weight is 811 g/mol. The first-order chi connectivity index (χ1) is 29.2. The Morgan fingerprint density at radius 1 is 0.407 bits per heavy atom. The standard InChI is InChI=1S/C55H86O4/c1-3-5-7-9-11-13-15-17-19-21-23-25-27-28-29-30-32-34-36-38-40-42-44-46-48-50-55(57)59-54(52-56)53-58-51-49-47-45-43-41-39-37-35-33-31-26-24-22-20-18-16-14-12-10-8-6-4-2/h5-8,11-14,17-20,23-26,28-29,32-35,38,40,54,56H,3-4,9-10,15-16,21-22,27,30-31,36-37,39,41-53H2,1-2H3/b7-5-,8-6-,13-11-,14-12-,19-17-,20-18-,25-23-,26-24-,29-28-,34-32-,35-33-,40-38-. The minimum absolute atomic E-state index is 0.203. The molecule has 0 aromatic heterocycles. The van der Waals surface area contributed by atoms with Gasteiger partial charge in [-0.2, -0.15) is 0 Å². The zero-order chi connectivity index (χ0) is 42.6. The Balaban J connectivity index is 3.62. The lowest BCUT2D eigenvalue weighted by molar-refractivity contribution is -0.154. The van der Waals surface area contributed by atoms with Crippen molar-refractivity contribution in [2.45, 2.75) is 174 Å². The summed E-state index contributed by atoms with van der Waals surface area (Å²) in [6.45, 7) is 5.02. The molecule has 1 N–H and O–H groups in total. The van der Waals surface area contributed by atoms with E-state index in [4.69, 9.17) is 9.47 Å². The molecule has 0 aliphatic carbocycles. The predicted molar refractivity (Wildman–Crippen MR) is 260 cm³/mol. The van der Waals surface area contributed by atoms with E-state index in [9.17, 15) is 9.90 Å². The first kappa shape index (κ1) is 55.3. The van der Waals surface area contributed by atoms with Crippen LogP contribution in [0.15, 0.2) is 146 Å². The predicted octanol–water partition coefficient (Wildman–Crippen LogP) is 16.0. The van der Waals surface area contributed by atoms with Crippen LogP contribution in [0.2, 0.25) is 0 Å². The highest BCUT2D eigenvalue weighted by atomic mass is 16.6. The van der Waals surface area contributed by atoms with Gasteiger partial charge in [-0.15, -0.1) is 0 Å². The average Bonchev–Trinajstić information content (AvgIpc) is 3.24. The van der Waals surface area contributed by atoms with Gasteiger partial charge in [0.1, 0.15) is 6.10 Å². The molecule has 4 heteroatoms. The third-order valence-corrected chi connectivity index (χ3v) is 9.16. The molecule has 0 saturated carbocycles. The molecule has 0 radical (unpaired) electrons. The Morgan fingerprint density at radius 2 is 0.712 bits per heavy atom. The first-order valence-corrected chi connectivity index (χ1v) is 23.4. The smallest absolute Gasteiger partial charge is 0.306 e. The molecule has 0 saturated heterocycles. The summed E-state index contributed by atoms with van der Waals surface area (Å²) in [4.78, 5) is 12.2. The van der Waals surface area contributed by atoms with Gasteiger partial charge in [-0.05, 0) is 116 Å². The van der Waals surface area contributed by atoms with Gasteiger partial charge in [-0.1, -0.05) is 192 Å².